The Balaban J connectivity index is 1.85. The first-order chi connectivity index (χ1) is 15.9. The zero-order valence-electron chi connectivity index (χ0n) is 19.8. The minimum atomic E-state index is -0.281. The van der Waals surface area contributed by atoms with Crippen LogP contribution in [-0.2, 0) is 20.1 Å². The van der Waals surface area contributed by atoms with Gasteiger partial charge in [-0.15, -0.1) is 11.3 Å². The third-order valence-electron chi connectivity index (χ3n) is 5.07. The molecular weight excluding hydrogens is 440 g/mol. The van der Waals surface area contributed by atoms with Gasteiger partial charge in [-0.1, -0.05) is 18.2 Å². The van der Waals surface area contributed by atoms with Crippen LogP contribution >= 0.6 is 11.3 Å². The number of hydrogen-bond acceptors (Lipinski definition) is 7. The second-order valence-electron chi connectivity index (χ2n) is 7.65. The number of carbonyl (C=O) groups excluding carboxylic acids is 1. The number of thiazole rings is 1. The SMILES string of the molecule is COc1cc(C(=O)Nc2ccccc2CN=c2scc(CN(C)C)n2C)cc(OC)c1OC. The van der Waals surface area contributed by atoms with Crippen LogP contribution < -0.4 is 24.3 Å². The summed E-state index contributed by atoms with van der Waals surface area (Å²) in [4.78, 5) is 20.9. The lowest BCUT2D eigenvalue weighted by Gasteiger charge is -2.15. The Morgan fingerprint density at radius 1 is 1.09 bits per heavy atom. The van der Waals surface area contributed by atoms with Crippen molar-refractivity contribution in [3.8, 4) is 17.2 Å². The van der Waals surface area contributed by atoms with E-state index >= 15 is 0 Å². The second-order valence-corrected chi connectivity index (χ2v) is 8.48. The van der Waals surface area contributed by atoms with Gasteiger partial charge in [0, 0.05) is 35.9 Å². The Hall–Kier alpha value is -3.30. The molecule has 2 aromatic carbocycles. The topological polar surface area (TPSA) is 77.3 Å². The molecule has 176 valence electrons. The molecule has 0 fully saturated rings. The van der Waals surface area contributed by atoms with Gasteiger partial charge in [-0.2, -0.15) is 0 Å². The Kier molecular flexibility index (Phi) is 8.13. The number of nitrogens with one attached hydrogen (secondary N) is 1. The smallest absolute Gasteiger partial charge is 0.255 e. The minimum absolute atomic E-state index is 0.281. The molecule has 9 heteroatoms. The number of anilines is 1. The maximum Gasteiger partial charge on any atom is 0.255 e. The molecule has 33 heavy (non-hydrogen) atoms. The molecular formula is C24H30N4O4S. The zero-order valence-corrected chi connectivity index (χ0v) is 20.7. The summed E-state index contributed by atoms with van der Waals surface area (Å²) in [7, 11) is 10.7. The highest BCUT2D eigenvalue weighted by Crippen LogP contribution is 2.38. The van der Waals surface area contributed by atoms with Gasteiger partial charge in [-0.05, 0) is 37.9 Å². The predicted octanol–water partition coefficient (Wildman–Crippen LogP) is 3.53. The fourth-order valence-electron chi connectivity index (χ4n) is 3.35. The van der Waals surface area contributed by atoms with Gasteiger partial charge < -0.3 is 29.0 Å². The molecule has 0 aliphatic heterocycles. The number of para-hydroxylation sites is 1. The van der Waals surface area contributed by atoms with Gasteiger partial charge in [0.15, 0.2) is 16.3 Å². The van der Waals surface area contributed by atoms with Crippen LogP contribution in [0.5, 0.6) is 17.2 Å². The number of methoxy groups -OCH3 is 3. The molecule has 1 amide bonds. The van der Waals surface area contributed by atoms with Crippen molar-refractivity contribution in [2.45, 2.75) is 13.1 Å². The zero-order chi connectivity index (χ0) is 24.0. The summed E-state index contributed by atoms with van der Waals surface area (Å²) in [5, 5.41) is 5.11. The molecule has 0 spiro atoms. The highest BCUT2D eigenvalue weighted by Gasteiger charge is 2.17. The fourth-order valence-corrected chi connectivity index (χ4v) is 4.24. The predicted molar refractivity (Wildman–Crippen MR) is 130 cm³/mol. The van der Waals surface area contributed by atoms with E-state index in [2.05, 4.69) is 20.2 Å². The molecule has 1 heterocycles. The Morgan fingerprint density at radius 3 is 2.36 bits per heavy atom. The van der Waals surface area contributed by atoms with Crippen LogP contribution in [0.3, 0.4) is 0 Å². The van der Waals surface area contributed by atoms with E-state index in [0.29, 0.717) is 35.0 Å². The summed E-state index contributed by atoms with van der Waals surface area (Å²) in [6, 6.07) is 10.9. The van der Waals surface area contributed by atoms with Crippen molar-refractivity contribution in [2.24, 2.45) is 12.0 Å². The van der Waals surface area contributed by atoms with E-state index < -0.39 is 0 Å². The summed E-state index contributed by atoms with van der Waals surface area (Å²) in [5.41, 5.74) is 3.22. The molecule has 0 bridgehead atoms. The van der Waals surface area contributed by atoms with Crippen LogP contribution in [0.2, 0.25) is 0 Å². The summed E-state index contributed by atoms with van der Waals surface area (Å²) in [5.74, 6) is 0.998. The van der Waals surface area contributed by atoms with Crippen molar-refractivity contribution < 1.29 is 19.0 Å². The van der Waals surface area contributed by atoms with Gasteiger partial charge in [-0.3, -0.25) is 9.79 Å². The Morgan fingerprint density at radius 2 is 1.76 bits per heavy atom. The first-order valence-electron chi connectivity index (χ1n) is 10.4. The largest absolute Gasteiger partial charge is 0.493 e. The van der Waals surface area contributed by atoms with Crippen molar-refractivity contribution in [1.29, 1.82) is 0 Å². The van der Waals surface area contributed by atoms with Crippen molar-refractivity contribution in [1.82, 2.24) is 9.47 Å². The van der Waals surface area contributed by atoms with E-state index in [4.69, 9.17) is 19.2 Å². The number of hydrogen-bond donors (Lipinski definition) is 1. The number of amides is 1. The van der Waals surface area contributed by atoms with Crippen LogP contribution in [-0.4, -0.2) is 50.8 Å². The van der Waals surface area contributed by atoms with Crippen LogP contribution in [0.25, 0.3) is 0 Å². The van der Waals surface area contributed by atoms with E-state index in [9.17, 15) is 4.79 Å². The second kappa shape index (κ2) is 11.0. The molecule has 0 radical (unpaired) electrons. The number of carbonyl (C=O) groups is 1. The number of benzene rings is 2. The minimum Gasteiger partial charge on any atom is -0.493 e. The molecule has 1 aromatic heterocycles. The Labute approximate surface area is 198 Å². The van der Waals surface area contributed by atoms with Gasteiger partial charge >= 0.3 is 0 Å². The van der Waals surface area contributed by atoms with E-state index in [0.717, 1.165) is 16.9 Å². The molecule has 8 nitrogen and oxygen atoms in total. The standard InChI is InChI=1S/C24H30N4O4S/c1-27(2)14-18-15-33-24(28(18)3)25-13-16-9-7-8-10-19(16)26-23(29)17-11-20(30-4)22(32-6)21(12-17)31-5/h7-12,15H,13-14H2,1-6H3,(H,26,29). The van der Waals surface area contributed by atoms with Gasteiger partial charge in [0.1, 0.15) is 0 Å². The van der Waals surface area contributed by atoms with E-state index in [1.54, 1.807) is 23.5 Å². The average Bonchev–Trinajstić information content (AvgIpc) is 3.15. The average molecular weight is 471 g/mol. The fraction of sp³-hybridized carbons (Fsp3) is 0.333. The van der Waals surface area contributed by atoms with Gasteiger partial charge in [0.25, 0.3) is 5.91 Å². The van der Waals surface area contributed by atoms with Gasteiger partial charge in [0.2, 0.25) is 5.75 Å². The number of ether oxygens (including phenoxy) is 3. The van der Waals surface area contributed by atoms with Crippen molar-refractivity contribution >= 4 is 22.9 Å². The van der Waals surface area contributed by atoms with Crippen LogP contribution in [0.15, 0.2) is 46.8 Å². The normalized spacial score (nSPS) is 11.5. The summed E-state index contributed by atoms with van der Waals surface area (Å²) in [6.07, 6.45) is 0. The number of aromatic nitrogens is 1. The number of rotatable bonds is 9. The third kappa shape index (κ3) is 5.74. The summed E-state index contributed by atoms with van der Waals surface area (Å²) < 4.78 is 18.2. The van der Waals surface area contributed by atoms with Crippen LogP contribution in [0, 0.1) is 0 Å². The lowest BCUT2D eigenvalue weighted by Crippen LogP contribution is -2.19. The summed E-state index contributed by atoms with van der Waals surface area (Å²) >= 11 is 1.61. The Bertz CT molecular complexity index is 1160. The quantitative estimate of drug-likeness (QED) is 0.518. The molecule has 1 N–H and O–H groups in total. The lowest BCUT2D eigenvalue weighted by molar-refractivity contribution is 0.102. The molecule has 0 atom stereocenters. The number of nitrogens with zero attached hydrogens (tertiary/aromatic N) is 3. The monoisotopic (exact) mass is 470 g/mol. The highest BCUT2D eigenvalue weighted by molar-refractivity contribution is 7.07. The van der Waals surface area contributed by atoms with Crippen molar-refractivity contribution in [2.75, 3.05) is 40.7 Å². The summed E-state index contributed by atoms with van der Waals surface area (Å²) in [6.45, 7) is 1.30. The highest BCUT2D eigenvalue weighted by atomic mass is 32.1. The first kappa shape index (κ1) is 24.3. The van der Waals surface area contributed by atoms with Crippen molar-refractivity contribution in [3.63, 3.8) is 0 Å². The van der Waals surface area contributed by atoms with Gasteiger partial charge in [-0.25, -0.2) is 0 Å². The lowest BCUT2D eigenvalue weighted by atomic mass is 10.1. The molecule has 0 saturated carbocycles. The van der Waals surface area contributed by atoms with E-state index in [1.807, 2.05) is 45.4 Å². The maximum absolute atomic E-state index is 13.0. The van der Waals surface area contributed by atoms with Gasteiger partial charge in [0.05, 0.1) is 27.9 Å². The third-order valence-corrected chi connectivity index (χ3v) is 6.08. The maximum atomic E-state index is 13.0. The molecule has 0 aliphatic rings. The molecule has 3 rings (SSSR count). The molecule has 3 aromatic rings. The van der Waals surface area contributed by atoms with E-state index in [-0.39, 0.29) is 5.91 Å². The van der Waals surface area contributed by atoms with Crippen LogP contribution in [0.4, 0.5) is 5.69 Å². The van der Waals surface area contributed by atoms with Crippen LogP contribution in [0.1, 0.15) is 21.6 Å². The van der Waals surface area contributed by atoms with Crippen molar-refractivity contribution in [3.05, 3.63) is 63.4 Å². The molecule has 0 unspecified atom stereocenters. The molecule has 0 saturated heterocycles. The molecule has 0 aliphatic carbocycles. The van der Waals surface area contributed by atoms with E-state index in [1.165, 1.54) is 27.0 Å². The first-order valence-corrected chi connectivity index (χ1v) is 11.2.